The second-order valence-electron chi connectivity index (χ2n) is 2.99. The van der Waals surface area contributed by atoms with Crippen LogP contribution in [0.3, 0.4) is 0 Å². The highest BCUT2D eigenvalue weighted by Crippen LogP contribution is 2.34. The van der Waals surface area contributed by atoms with Crippen molar-refractivity contribution in [1.82, 2.24) is 5.32 Å². The predicted molar refractivity (Wildman–Crippen MR) is 66.9 cm³/mol. The molecule has 16 heavy (non-hydrogen) atoms. The number of methoxy groups -OCH3 is 3. The zero-order valence-electron chi connectivity index (χ0n) is 9.79. The van der Waals surface area contributed by atoms with E-state index in [2.05, 4.69) is 5.32 Å². The molecule has 1 aromatic carbocycles. The van der Waals surface area contributed by atoms with Crippen LogP contribution in [0.4, 0.5) is 0 Å². The van der Waals surface area contributed by atoms with Crippen LogP contribution in [-0.2, 0) is 0 Å². The fourth-order valence-electron chi connectivity index (χ4n) is 1.35. The molecule has 0 aliphatic carbocycles. The summed E-state index contributed by atoms with van der Waals surface area (Å²) in [4.78, 5) is 0.566. The van der Waals surface area contributed by atoms with Crippen LogP contribution in [0.25, 0.3) is 0 Å². The fourth-order valence-corrected chi connectivity index (χ4v) is 1.56. The molecule has 0 amide bonds. The summed E-state index contributed by atoms with van der Waals surface area (Å²) in [7, 11) is 6.50. The van der Waals surface area contributed by atoms with Gasteiger partial charge in [0.05, 0.1) is 26.9 Å². The van der Waals surface area contributed by atoms with E-state index in [0.29, 0.717) is 22.2 Å². The largest absolute Gasteiger partial charge is 0.496 e. The number of hydrogen-bond acceptors (Lipinski definition) is 4. The topological polar surface area (TPSA) is 39.7 Å². The monoisotopic (exact) mass is 241 g/mol. The van der Waals surface area contributed by atoms with Crippen molar-refractivity contribution in [2.75, 3.05) is 28.4 Å². The van der Waals surface area contributed by atoms with E-state index in [4.69, 9.17) is 26.4 Å². The summed E-state index contributed by atoms with van der Waals surface area (Å²) < 4.78 is 15.7. The first-order chi connectivity index (χ1) is 7.67. The van der Waals surface area contributed by atoms with Gasteiger partial charge in [-0.05, 0) is 0 Å². The van der Waals surface area contributed by atoms with Gasteiger partial charge in [-0.15, -0.1) is 0 Å². The maximum absolute atomic E-state index is 5.27. The number of ether oxygens (including phenoxy) is 3. The molecule has 1 rings (SSSR count). The van der Waals surface area contributed by atoms with E-state index >= 15 is 0 Å². The Kier molecular flexibility index (Phi) is 4.37. The van der Waals surface area contributed by atoms with Gasteiger partial charge in [0.15, 0.2) is 0 Å². The highest BCUT2D eigenvalue weighted by atomic mass is 32.1. The average Bonchev–Trinajstić information content (AvgIpc) is 2.35. The van der Waals surface area contributed by atoms with Crippen molar-refractivity contribution in [3.05, 3.63) is 17.7 Å². The van der Waals surface area contributed by atoms with Crippen LogP contribution in [0.1, 0.15) is 5.56 Å². The third-order valence-corrected chi connectivity index (χ3v) is 2.58. The second-order valence-corrected chi connectivity index (χ2v) is 3.39. The van der Waals surface area contributed by atoms with Gasteiger partial charge < -0.3 is 19.5 Å². The minimum Gasteiger partial charge on any atom is -0.496 e. The zero-order chi connectivity index (χ0) is 12.1. The molecule has 0 saturated heterocycles. The molecule has 88 valence electrons. The molecule has 0 atom stereocenters. The van der Waals surface area contributed by atoms with Crippen molar-refractivity contribution in [3.8, 4) is 17.2 Å². The van der Waals surface area contributed by atoms with Crippen LogP contribution in [0.15, 0.2) is 12.1 Å². The molecular weight excluding hydrogens is 226 g/mol. The van der Waals surface area contributed by atoms with Crippen LogP contribution in [0.2, 0.25) is 0 Å². The van der Waals surface area contributed by atoms with Crippen LogP contribution in [-0.4, -0.2) is 33.4 Å². The quantitative estimate of drug-likeness (QED) is 0.811. The molecule has 0 spiro atoms. The van der Waals surface area contributed by atoms with E-state index in [9.17, 15) is 0 Å². The van der Waals surface area contributed by atoms with E-state index < -0.39 is 0 Å². The Morgan fingerprint density at radius 3 is 1.88 bits per heavy atom. The zero-order valence-corrected chi connectivity index (χ0v) is 10.6. The summed E-state index contributed by atoms with van der Waals surface area (Å²) >= 11 is 5.20. The van der Waals surface area contributed by atoms with Gasteiger partial charge >= 0.3 is 0 Å². The predicted octanol–water partition coefficient (Wildman–Crippen LogP) is 1.61. The molecule has 0 fully saturated rings. The molecule has 0 aliphatic heterocycles. The number of nitrogens with one attached hydrogen (secondary N) is 1. The Bertz CT molecular complexity index is 368. The highest BCUT2D eigenvalue weighted by molar-refractivity contribution is 7.80. The Balaban J connectivity index is 3.37. The van der Waals surface area contributed by atoms with Crippen molar-refractivity contribution < 1.29 is 14.2 Å². The molecule has 1 N–H and O–H groups in total. The van der Waals surface area contributed by atoms with Gasteiger partial charge in [-0.2, -0.15) is 0 Å². The van der Waals surface area contributed by atoms with Crippen molar-refractivity contribution in [1.29, 1.82) is 0 Å². The van der Waals surface area contributed by atoms with E-state index in [1.807, 2.05) is 0 Å². The van der Waals surface area contributed by atoms with E-state index in [-0.39, 0.29) is 0 Å². The maximum atomic E-state index is 5.27. The molecule has 0 radical (unpaired) electrons. The Hall–Kier alpha value is -1.49. The van der Waals surface area contributed by atoms with Crippen LogP contribution >= 0.6 is 12.2 Å². The van der Waals surface area contributed by atoms with Crippen LogP contribution in [0, 0.1) is 0 Å². The SMILES string of the molecule is CNC(=S)c1c(OC)cc(OC)cc1OC. The standard InChI is InChI=1S/C11H15NO3S/c1-12-11(16)10-8(14-3)5-7(13-2)6-9(10)15-4/h5-6H,1-4H3,(H,12,16). The van der Waals surface area contributed by atoms with E-state index in [1.54, 1.807) is 40.5 Å². The normalized spacial score (nSPS) is 9.50. The number of thiocarbonyl (C=S) groups is 1. The lowest BCUT2D eigenvalue weighted by Crippen LogP contribution is -2.18. The maximum Gasteiger partial charge on any atom is 0.136 e. The molecule has 0 heterocycles. The summed E-state index contributed by atoms with van der Waals surface area (Å²) in [6, 6.07) is 3.53. The molecule has 0 bridgehead atoms. The molecule has 0 saturated carbocycles. The van der Waals surface area contributed by atoms with Crippen LogP contribution in [0.5, 0.6) is 17.2 Å². The lowest BCUT2D eigenvalue weighted by atomic mass is 10.1. The average molecular weight is 241 g/mol. The summed E-state index contributed by atoms with van der Waals surface area (Å²) in [6.45, 7) is 0. The summed E-state index contributed by atoms with van der Waals surface area (Å²) in [5.41, 5.74) is 0.725. The molecule has 0 aliphatic rings. The third kappa shape index (κ3) is 2.36. The summed E-state index contributed by atoms with van der Waals surface area (Å²) in [5, 5.41) is 2.90. The molecule has 0 aromatic heterocycles. The molecule has 1 aromatic rings. The first-order valence-corrected chi connectivity index (χ1v) is 5.10. The summed E-state index contributed by atoms with van der Waals surface area (Å²) in [6.07, 6.45) is 0. The van der Waals surface area contributed by atoms with Gasteiger partial charge in [-0.1, -0.05) is 12.2 Å². The third-order valence-electron chi connectivity index (χ3n) is 2.17. The Morgan fingerprint density at radius 2 is 1.56 bits per heavy atom. The Labute approximate surface area is 101 Å². The lowest BCUT2D eigenvalue weighted by molar-refractivity contribution is 0.374. The van der Waals surface area contributed by atoms with Crippen molar-refractivity contribution >= 4 is 17.2 Å². The van der Waals surface area contributed by atoms with Gasteiger partial charge in [0.2, 0.25) is 0 Å². The van der Waals surface area contributed by atoms with Crippen molar-refractivity contribution in [2.24, 2.45) is 0 Å². The number of hydrogen-bond donors (Lipinski definition) is 1. The van der Waals surface area contributed by atoms with E-state index in [0.717, 1.165) is 5.56 Å². The lowest BCUT2D eigenvalue weighted by Gasteiger charge is -2.15. The highest BCUT2D eigenvalue weighted by Gasteiger charge is 2.16. The van der Waals surface area contributed by atoms with E-state index in [1.165, 1.54) is 0 Å². The molecule has 4 nitrogen and oxygen atoms in total. The fraction of sp³-hybridized carbons (Fsp3) is 0.364. The van der Waals surface area contributed by atoms with Crippen molar-refractivity contribution in [2.45, 2.75) is 0 Å². The summed E-state index contributed by atoms with van der Waals surface area (Å²) in [5.74, 6) is 1.91. The number of benzene rings is 1. The van der Waals surface area contributed by atoms with Crippen molar-refractivity contribution in [3.63, 3.8) is 0 Å². The minimum absolute atomic E-state index is 0.566. The van der Waals surface area contributed by atoms with Crippen LogP contribution < -0.4 is 19.5 Å². The van der Waals surface area contributed by atoms with Gasteiger partial charge in [0.25, 0.3) is 0 Å². The first-order valence-electron chi connectivity index (χ1n) is 4.70. The first kappa shape index (κ1) is 12.6. The Morgan fingerprint density at radius 1 is 1.06 bits per heavy atom. The van der Waals surface area contributed by atoms with Gasteiger partial charge in [-0.3, -0.25) is 0 Å². The molecule has 0 unspecified atom stereocenters. The molecule has 5 heteroatoms. The van der Waals surface area contributed by atoms with Gasteiger partial charge in [0.1, 0.15) is 22.2 Å². The second kappa shape index (κ2) is 5.55. The van der Waals surface area contributed by atoms with Gasteiger partial charge in [0, 0.05) is 19.2 Å². The molecular formula is C11H15NO3S. The van der Waals surface area contributed by atoms with Gasteiger partial charge in [-0.25, -0.2) is 0 Å². The minimum atomic E-state index is 0.566. The number of rotatable bonds is 4. The smallest absolute Gasteiger partial charge is 0.136 e.